The molecule has 7 heteroatoms. The molecule has 1 atom stereocenters. The van der Waals surface area contributed by atoms with Gasteiger partial charge in [0.05, 0.1) is 12.9 Å². The van der Waals surface area contributed by atoms with Gasteiger partial charge in [0.2, 0.25) is 10.0 Å². The molecule has 124 valence electrons. The van der Waals surface area contributed by atoms with Gasteiger partial charge in [0, 0.05) is 51.3 Å². The zero-order valence-corrected chi connectivity index (χ0v) is 14.1. The van der Waals surface area contributed by atoms with E-state index in [2.05, 4.69) is 17.1 Å². The van der Waals surface area contributed by atoms with Gasteiger partial charge in [-0.1, -0.05) is 6.92 Å². The SMILES string of the molecule is CCNCC1(CN2CCN(S(C)(=O)=O)CC2)CCCOC1. The van der Waals surface area contributed by atoms with E-state index in [1.165, 1.54) is 12.7 Å². The van der Waals surface area contributed by atoms with Crippen LogP contribution in [0, 0.1) is 5.41 Å². The lowest BCUT2D eigenvalue weighted by molar-refractivity contribution is -0.0297. The minimum absolute atomic E-state index is 0.182. The Morgan fingerprint density at radius 3 is 2.48 bits per heavy atom. The number of sulfonamides is 1. The maximum absolute atomic E-state index is 11.6. The van der Waals surface area contributed by atoms with Gasteiger partial charge in [-0.15, -0.1) is 0 Å². The van der Waals surface area contributed by atoms with Crippen LogP contribution >= 0.6 is 0 Å². The van der Waals surface area contributed by atoms with Gasteiger partial charge in [-0.3, -0.25) is 0 Å². The van der Waals surface area contributed by atoms with Crippen LogP contribution in [0.4, 0.5) is 0 Å². The highest BCUT2D eigenvalue weighted by Crippen LogP contribution is 2.29. The van der Waals surface area contributed by atoms with Crippen molar-refractivity contribution in [3.8, 4) is 0 Å². The summed E-state index contributed by atoms with van der Waals surface area (Å²) in [5.74, 6) is 0. The highest BCUT2D eigenvalue weighted by Gasteiger charge is 2.35. The fraction of sp³-hybridized carbons (Fsp3) is 1.00. The van der Waals surface area contributed by atoms with Gasteiger partial charge in [0.1, 0.15) is 0 Å². The Bertz CT molecular complexity index is 413. The van der Waals surface area contributed by atoms with E-state index < -0.39 is 10.0 Å². The normalized spacial score (nSPS) is 29.6. The summed E-state index contributed by atoms with van der Waals surface area (Å²) in [5.41, 5.74) is 0.182. The summed E-state index contributed by atoms with van der Waals surface area (Å²) >= 11 is 0. The molecule has 6 nitrogen and oxygen atoms in total. The molecule has 0 aromatic rings. The maximum Gasteiger partial charge on any atom is 0.211 e. The first kappa shape index (κ1) is 17.1. The van der Waals surface area contributed by atoms with Crippen LogP contribution in [0.5, 0.6) is 0 Å². The minimum atomic E-state index is -3.04. The Balaban J connectivity index is 1.89. The predicted molar refractivity (Wildman–Crippen MR) is 83.9 cm³/mol. The monoisotopic (exact) mass is 319 g/mol. The fourth-order valence-corrected chi connectivity index (χ4v) is 4.14. The average molecular weight is 319 g/mol. The number of ether oxygens (including phenoxy) is 1. The van der Waals surface area contributed by atoms with E-state index in [1.807, 2.05) is 0 Å². The van der Waals surface area contributed by atoms with Gasteiger partial charge in [-0.2, -0.15) is 4.31 Å². The number of piperazine rings is 1. The first-order valence-corrected chi connectivity index (χ1v) is 9.76. The summed E-state index contributed by atoms with van der Waals surface area (Å²) < 4.78 is 30.4. The van der Waals surface area contributed by atoms with E-state index in [0.717, 1.165) is 52.4 Å². The van der Waals surface area contributed by atoms with Gasteiger partial charge >= 0.3 is 0 Å². The van der Waals surface area contributed by atoms with E-state index in [4.69, 9.17) is 4.74 Å². The second-order valence-electron chi connectivity index (χ2n) is 6.37. The molecular weight excluding hydrogens is 290 g/mol. The van der Waals surface area contributed by atoms with Crippen LogP contribution in [-0.2, 0) is 14.8 Å². The Hall–Kier alpha value is -0.210. The minimum Gasteiger partial charge on any atom is -0.381 e. The Kier molecular flexibility index (Phi) is 6.02. The van der Waals surface area contributed by atoms with E-state index in [0.29, 0.717) is 13.1 Å². The van der Waals surface area contributed by atoms with Gasteiger partial charge in [0.25, 0.3) is 0 Å². The maximum atomic E-state index is 11.6. The lowest BCUT2D eigenvalue weighted by Gasteiger charge is -2.43. The molecule has 0 saturated carbocycles. The lowest BCUT2D eigenvalue weighted by Crippen LogP contribution is -2.54. The molecule has 1 unspecified atom stereocenters. The van der Waals surface area contributed by atoms with Crippen molar-refractivity contribution in [3.63, 3.8) is 0 Å². The van der Waals surface area contributed by atoms with Gasteiger partial charge in [-0.05, 0) is 19.4 Å². The van der Waals surface area contributed by atoms with Crippen molar-refractivity contribution in [3.05, 3.63) is 0 Å². The van der Waals surface area contributed by atoms with E-state index in [-0.39, 0.29) is 5.41 Å². The summed E-state index contributed by atoms with van der Waals surface area (Å²) in [6, 6.07) is 0. The largest absolute Gasteiger partial charge is 0.381 e. The Morgan fingerprint density at radius 2 is 1.95 bits per heavy atom. The highest BCUT2D eigenvalue weighted by atomic mass is 32.2. The number of hydrogen-bond donors (Lipinski definition) is 1. The number of nitrogens with one attached hydrogen (secondary N) is 1. The second kappa shape index (κ2) is 7.37. The first-order valence-electron chi connectivity index (χ1n) is 7.91. The van der Waals surface area contributed by atoms with Crippen LogP contribution < -0.4 is 5.32 Å². The predicted octanol–water partition coefficient (Wildman–Crippen LogP) is -0.0301. The molecule has 0 amide bonds. The molecule has 2 aliphatic heterocycles. The molecule has 2 rings (SSSR count). The van der Waals surface area contributed by atoms with Crippen molar-refractivity contribution < 1.29 is 13.2 Å². The average Bonchev–Trinajstić information content (AvgIpc) is 2.46. The molecule has 0 aromatic heterocycles. The fourth-order valence-electron chi connectivity index (χ4n) is 3.31. The molecule has 2 aliphatic rings. The highest BCUT2D eigenvalue weighted by molar-refractivity contribution is 7.88. The van der Waals surface area contributed by atoms with Crippen LogP contribution in [0.25, 0.3) is 0 Å². The molecule has 0 radical (unpaired) electrons. The molecule has 0 bridgehead atoms. The Labute approximate surface area is 128 Å². The molecule has 0 spiro atoms. The van der Waals surface area contributed by atoms with Gasteiger partial charge in [0.15, 0.2) is 0 Å². The van der Waals surface area contributed by atoms with E-state index in [9.17, 15) is 8.42 Å². The van der Waals surface area contributed by atoms with Crippen LogP contribution in [-0.4, -0.2) is 82.9 Å². The van der Waals surface area contributed by atoms with Crippen LogP contribution in [0.3, 0.4) is 0 Å². The molecule has 2 heterocycles. The first-order chi connectivity index (χ1) is 9.95. The smallest absolute Gasteiger partial charge is 0.211 e. The number of hydrogen-bond acceptors (Lipinski definition) is 5. The molecule has 1 N–H and O–H groups in total. The molecule has 0 aliphatic carbocycles. The summed E-state index contributed by atoms with van der Waals surface area (Å²) in [6.07, 6.45) is 3.60. The van der Waals surface area contributed by atoms with Crippen molar-refractivity contribution in [2.24, 2.45) is 5.41 Å². The zero-order chi connectivity index (χ0) is 15.3. The van der Waals surface area contributed by atoms with Gasteiger partial charge in [-0.25, -0.2) is 8.42 Å². The third kappa shape index (κ3) is 4.89. The molecule has 0 aromatic carbocycles. The standard InChI is InChI=1S/C14H29N3O3S/c1-3-15-11-14(5-4-10-20-13-14)12-16-6-8-17(9-7-16)21(2,18)19/h15H,3-13H2,1-2H3. The van der Waals surface area contributed by atoms with E-state index >= 15 is 0 Å². The van der Waals surface area contributed by atoms with Crippen molar-refractivity contribution in [1.82, 2.24) is 14.5 Å². The number of rotatable bonds is 6. The summed E-state index contributed by atoms with van der Waals surface area (Å²) in [7, 11) is -3.04. The van der Waals surface area contributed by atoms with Crippen LogP contribution in [0.15, 0.2) is 0 Å². The van der Waals surface area contributed by atoms with Crippen molar-refractivity contribution in [2.75, 3.05) is 65.3 Å². The second-order valence-corrected chi connectivity index (χ2v) is 8.36. The third-order valence-electron chi connectivity index (χ3n) is 4.51. The summed E-state index contributed by atoms with van der Waals surface area (Å²) in [4.78, 5) is 2.40. The summed E-state index contributed by atoms with van der Waals surface area (Å²) in [6.45, 7) is 9.62. The topological polar surface area (TPSA) is 61.9 Å². The van der Waals surface area contributed by atoms with E-state index in [1.54, 1.807) is 4.31 Å². The lowest BCUT2D eigenvalue weighted by atomic mass is 9.81. The molecular formula is C14H29N3O3S. The van der Waals surface area contributed by atoms with Crippen molar-refractivity contribution >= 4 is 10.0 Å². The van der Waals surface area contributed by atoms with Gasteiger partial charge < -0.3 is 15.0 Å². The molecule has 21 heavy (non-hydrogen) atoms. The molecule has 2 fully saturated rings. The number of nitrogens with zero attached hydrogens (tertiary/aromatic N) is 2. The van der Waals surface area contributed by atoms with Crippen molar-refractivity contribution in [2.45, 2.75) is 19.8 Å². The quantitative estimate of drug-likeness (QED) is 0.745. The summed E-state index contributed by atoms with van der Waals surface area (Å²) in [5, 5.41) is 3.47. The zero-order valence-electron chi connectivity index (χ0n) is 13.3. The molecule has 2 saturated heterocycles. The van der Waals surface area contributed by atoms with Crippen LogP contribution in [0.1, 0.15) is 19.8 Å². The van der Waals surface area contributed by atoms with Crippen molar-refractivity contribution in [1.29, 1.82) is 0 Å². The Morgan fingerprint density at radius 1 is 1.24 bits per heavy atom. The third-order valence-corrected chi connectivity index (χ3v) is 5.82. The van der Waals surface area contributed by atoms with Crippen LogP contribution in [0.2, 0.25) is 0 Å².